The lowest BCUT2D eigenvalue weighted by atomic mass is 10.1. The number of hydrogen-bond donors (Lipinski definition) is 0. The molecule has 0 fully saturated rings. The van der Waals surface area contributed by atoms with Crippen molar-refractivity contribution in [1.82, 2.24) is 10.1 Å². The molecular formula is C20H20N2O5. The van der Waals surface area contributed by atoms with E-state index in [0.717, 1.165) is 12.0 Å². The number of rotatable bonds is 7. The second-order valence-corrected chi connectivity index (χ2v) is 5.68. The summed E-state index contributed by atoms with van der Waals surface area (Å²) in [5.74, 6) is 0.768. The Hall–Kier alpha value is -3.35. The maximum atomic E-state index is 12.5. The molecule has 0 saturated carbocycles. The van der Waals surface area contributed by atoms with Crippen molar-refractivity contribution < 1.29 is 23.5 Å². The molecule has 3 rings (SSSR count). The van der Waals surface area contributed by atoms with E-state index >= 15 is 0 Å². The van der Waals surface area contributed by atoms with E-state index in [0.29, 0.717) is 17.3 Å². The number of ether oxygens (including phenoxy) is 3. The average molecular weight is 368 g/mol. The van der Waals surface area contributed by atoms with Crippen LogP contribution in [-0.2, 0) is 17.8 Å². The number of carbonyl (C=O) groups is 1. The first-order valence-electron chi connectivity index (χ1n) is 8.46. The second-order valence-electron chi connectivity index (χ2n) is 5.68. The highest BCUT2D eigenvalue weighted by Gasteiger charge is 2.21. The van der Waals surface area contributed by atoms with Gasteiger partial charge in [0.2, 0.25) is 5.82 Å². The largest absolute Gasteiger partial charge is 0.496 e. The first kappa shape index (κ1) is 18.4. The molecule has 0 bridgehead atoms. The Bertz CT molecular complexity index is 896. The molecule has 0 radical (unpaired) electrons. The third-order valence-electron chi connectivity index (χ3n) is 4.05. The highest BCUT2D eigenvalue weighted by Crippen LogP contribution is 2.29. The number of nitrogens with zero attached hydrogens (tertiary/aromatic N) is 2. The van der Waals surface area contributed by atoms with Gasteiger partial charge in [-0.1, -0.05) is 42.4 Å². The van der Waals surface area contributed by atoms with E-state index in [-0.39, 0.29) is 18.1 Å². The number of esters is 1. The van der Waals surface area contributed by atoms with Gasteiger partial charge in [-0.3, -0.25) is 0 Å². The zero-order valence-electron chi connectivity index (χ0n) is 15.4. The van der Waals surface area contributed by atoms with Crippen LogP contribution >= 0.6 is 0 Å². The standard InChI is InChI=1S/C20H20N2O5/c1-4-13-8-10-14(11-9-13)19-21-17(27-22-19)12-26-20(23)18-15(24-2)6-5-7-16(18)25-3/h5-11H,4,12H2,1-3H3. The number of aromatic nitrogens is 2. The lowest BCUT2D eigenvalue weighted by Gasteiger charge is -2.11. The molecule has 0 atom stereocenters. The molecular weight excluding hydrogens is 348 g/mol. The molecule has 0 amide bonds. The number of carbonyl (C=O) groups excluding carboxylic acids is 1. The molecule has 7 heteroatoms. The number of aryl methyl sites for hydroxylation is 1. The Labute approximate surface area is 156 Å². The monoisotopic (exact) mass is 368 g/mol. The molecule has 7 nitrogen and oxygen atoms in total. The van der Waals surface area contributed by atoms with Crippen molar-refractivity contribution in [2.75, 3.05) is 14.2 Å². The van der Waals surface area contributed by atoms with Gasteiger partial charge in [-0.05, 0) is 24.1 Å². The SMILES string of the molecule is CCc1ccc(-c2noc(COC(=O)c3c(OC)cccc3OC)n2)cc1. The molecule has 0 saturated heterocycles. The maximum Gasteiger partial charge on any atom is 0.346 e. The van der Waals surface area contributed by atoms with E-state index in [9.17, 15) is 4.79 Å². The van der Waals surface area contributed by atoms with E-state index in [1.165, 1.54) is 19.8 Å². The van der Waals surface area contributed by atoms with E-state index in [4.69, 9.17) is 18.7 Å². The van der Waals surface area contributed by atoms with Gasteiger partial charge < -0.3 is 18.7 Å². The first-order valence-corrected chi connectivity index (χ1v) is 8.46. The summed E-state index contributed by atoms with van der Waals surface area (Å²) >= 11 is 0. The highest BCUT2D eigenvalue weighted by atomic mass is 16.6. The topological polar surface area (TPSA) is 83.7 Å². The van der Waals surface area contributed by atoms with Crippen LogP contribution in [0.2, 0.25) is 0 Å². The summed E-state index contributed by atoms with van der Waals surface area (Å²) in [4.78, 5) is 16.7. The molecule has 0 aliphatic carbocycles. The van der Waals surface area contributed by atoms with Gasteiger partial charge in [-0.2, -0.15) is 4.98 Å². The highest BCUT2D eigenvalue weighted by molar-refractivity contribution is 5.95. The van der Waals surface area contributed by atoms with Gasteiger partial charge in [0.15, 0.2) is 6.61 Å². The fraction of sp³-hybridized carbons (Fsp3) is 0.250. The normalized spacial score (nSPS) is 10.5. The van der Waals surface area contributed by atoms with Gasteiger partial charge in [0.05, 0.1) is 14.2 Å². The third kappa shape index (κ3) is 4.08. The molecule has 0 spiro atoms. The zero-order chi connectivity index (χ0) is 19.2. The summed E-state index contributed by atoms with van der Waals surface area (Å²) in [6.45, 7) is 1.94. The molecule has 140 valence electrons. The molecule has 1 heterocycles. The number of methoxy groups -OCH3 is 2. The fourth-order valence-corrected chi connectivity index (χ4v) is 2.57. The van der Waals surface area contributed by atoms with Crippen LogP contribution in [0, 0.1) is 0 Å². The van der Waals surface area contributed by atoms with E-state index in [1.807, 2.05) is 24.3 Å². The summed E-state index contributed by atoms with van der Waals surface area (Å²) in [5, 5.41) is 3.93. The van der Waals surface area contributed by atoms with Crippen molar-refractivity contribution >= 4 is 5.97 Å². The lowest BCUT2D eigenvalue weighted by molar-refractivity contribution is 0.0422. The van der Waals surface area contributed by atoms with Gasteiger partial charge in [0.25, 0.3) is 5.89 Å². The quantitative estimate of drug-likeness (QED) is 0.588. The minimum absolute atomic E-state index is 0.153. The Kier molecular flexibility index (Phi) is 5.71. The number of hydrogen-bond acceptors (Lipinski definition) is 7. The smallest absolute Gasteiger partial charge is 0.346 e. The fourth-order valence-electron chi connectivity index (χ4n) is 2.57. The molecule has 0 N–H and O–H groups in total. The lowest BCUT2D eigenvalue weighted by Crippen LogP contribution is -2.09. The summed E-state index contributed by atoms with van der Waals surface area (Å²) in [7, 11) is 2.94. The maximum absolute atomic E-state index is 12.5. The van der Waals surface area contributed by atoms with Crippen LogP contribution in [0.1, 0.15) is 28.7 Å². The number of benzene rings is 2. The van der Waals surface area contributed by atoms with Crippen LogP contribution in [0.3, 0.4) is 0 Å². The summed E-state index contributed by atoms with van der Waals surface area (Å²) in [6, 6.07) is 12.9. The van der Waals surface area contributed by atoms with Crippen LogP contribution < -0.4 is 9.47 Å². The van der Waals surface area contributed by atoms with Crippen molar-refractivity contribution in [3.05, 3.63) is 59.5 Å². The van der Waals surface area contributed by atoms with E-state index in [2.05, 4.69) is 17.1 Å². The molecule has 0 aliphatic heterocycles. The van der Waals surface area contributed by atoms with Crippen molar-refractivity contribution in [3.63, 3.8) is 0 Å². The van der Waals surface area contributed by atoms with Gasteiger partial charge in [-0.15, -0.1) is 0 Å². The van der Waals surface area contributed by atoms with Gasteiger partial charge in [0.1, 0.15) is 17.1 Å². The predicted octanol–water partition coefficient (Wildman–Crippen LogP) is 3.67. The van der Waals surface area contributed by atoms with Gasteiger partial charge >= 0.3 is 5.97 Å². The van der Waals surface area contributed by atoms with Crippen molar-refractivity contribution in [1.29, 1.82) is 0 Å². The minimum Gasteiger partial charge on any atom is -0.496 e. The van der Waals surface area contributed by atoms with Crippen LogP contribution in [-0.4, -0.2) is 30.3 Å². The van der Waals surface area contributed by atoms with Crippen molar-refractivity contribution in [3.8, 4) is 22.9 Å². The Morgan fingerprint density at radius 1 is 1.04 bits per heavy atom. The van der Waals surface area contributed by atoms with Gasteiger partial charge in [-0.25, -0.2) is 4.79 Å². The van der Waals surface area contributed by atoms with E-state index < -0.39 is 5.97 Å². The molecule has 0 unspecified atom stereocenters. The van der Waals surface area contributed by atoms with Crippen LogP contribution in [0.5, 0.6) is 11.5 Å². The Balaban J connectivity index is 1.71. The first-order chi connectivity index (χ1) is 13.2. The van der Waals surface area contributed by atoms with Crippen molar-refractivity contribution in [2.24, 2.45) is 0 Å². The molecule has 3 aromatic rings. The van der Waals surface area contributed by atoms with Crippen LogP contribution in [0.15, 0.2) is 47.0 Å². The molecule has 0 aliphatic rings. The molecule has 2 aromatic carbocycles. The Morgan fingerprint density at radius 2 is 1.70 bits per heavy atom. The molecule has 27 heavy (non-hydrogen) atoms. The van der Waals surface area contributed by atoms with E-state index in [1.54, 1.807) is 18.2 Å². The Morgan fingerprint density at radius 3 is 2.30 bits per heavy atom. The van der Waals surface area contributed by atoms with Crippen molar-refractivity contribution in [2.45, 2.75) is 20.0 Å². The summed E-state index contributed by atoms with van der Waals surface area (Å²) in [6.07, 6.45) is 0.958. The summed E-state index contributed by atoms with van der Waals surface area (Å²) < 4.78 is 20.9. The predicted molar refractivity (Wildman–Crippen MR) is 97.8 cm³/mol. The minimum atomic E-state index is -0.601. The van der Waals surface area contributed by atoms with Crippen LogP contribution in [0.4, 0.5) is 0 Å². The second kappa shape index (κ2) is 8.35. The van der Waals surface area contributed by atoms with Gasteiger partial charge in [0, 0.05) is 5.56 Å². The third-order valence-corrected chi connectivity index (χ3v) is 4.05. The average Bonchev–Trinajstić information content (AvgIpc) is 3.20. The van der Waals surface area contributed by atoms with Crippen LogP contribution in [0.25, 0.3) is 11.4 Å². The molecule has 1 aromatic heterocycles. The summed E-state index contributed by atoms with van der Waals surface area (Å²) in [5.41, 5.74) is 2.26. The zero-order valence-corrected chi connectivity index (χ0v) is 15.4.